The maximum absolute atomic E-state index is 10.8. The van der Waals surface area contributed by atoms with Gasteiger partial charge in [-0.25, -0.2) is 14.4 Å². The molecule has 0 amide bonds. The van der Waals surface area contributed by atoms with Crippen LogP contribution in [0.1, 0.15) is 46.0 Å². The van der Waals surface area contributed by atoms with Crippen LogP contribution in [0.5, 0.6) is 0 Å². The Labute approximate surface area is 173 Å². The van der Waals surface area contributed by atoms with E-state index in [-0.39, 0.29) is 19.0 Å². The van der Waals surface area contributed by atoms with Crippen molar-refractivity contribution in [2.24, 2.45) is 5.92 Å². The molecule has 1 unspecified atom stereocenters. The predicted molar refractivity (Wildman–Crippen MR) is 110 cm³/mol. The molecule has 166 valence electrons. The Kier molecular flexibility index (Phi) is 24.6. The van der Waals surface area contributed by atoms with Crippen molar-refractivity contribution in [2.45, 2.75) is 46.0 Å². The topological polar surface area (TPSA) is 116 Å². The van der Waals surface area contributed by atoms with E-state index in [0.29, 0.717) is 12.5 Å². The molecule has 0 aromatic carbocycles. The van der Waals surface area contributed by atoms with E-state index >= 15 is 0 Å². The summed E-state index contributed by atoms with van der Waals surface area (Å²) in [5, 5.41) is 8.08. The smallest absolute Gasteiger partial charge is 0.330 e. The number of carbonyl (C=O) groups is 4. The number of carboxylic acids is 1. The lowest BCUT2D eigenvalue weighted by atomic mass is 10.0. The first kappa shape index (κ1) is 30.8. The van der Waals surface area contributed by atoms with Crippen molar-refractivity contribution in [3.8, 4) is 0 Å². The lowest BCUT2D eigenvalue weighted by Gasteiger charge is -2.13. The Balaban J connectivity index is -0.000000375. The van der Waals surface area contributed by atoms with E-state index in [1.54, 1.807) is 0 Å². The van der Waals surface area contributed by atoms with Gasteiger partial charge in [0, 0.05) is 18.2 Å². The molecule has 0 bridgehead atoms. The van der Waals surface area contributed by atoms with Gasteiger partial charge in [0.2, 0.25) is 0 Å². The largest absolute Gasteiger partial charge is 0.481 e. The molecule has 8 nitrogen and oxygen atoms in total. The highest BCUT2D eigenvalue weighted by Gasteiger charge is 2.07. The maximum atomic E-state index is 10.8. The standard InChI is InChI=1S/C11H20O2.C6H8O4.C4H6O2/c1-4-7-8-10(5-2)9-13-11(12)6-3;1-2-6(9)10-4-3-5(7)8;1-3-4(5)6-2/h6,10H,3-5,7-9H2,1-2H3;2H,1,3-4H2,(H,7,8);3H,1H2,2H3. The van der Waals surface area contributed by atoms with E-state index in [1.165, 1.54) is 26.0 Å². The van der Waals surface area contributed by atoms with E-state index in [9.17, 15) is 19.2 Å². The van der Waals surface area contributed by atoms with Crippen LogP contribution in [0.25, 0.3) is 0 Å². The number of methoxy groups -OCH3 is 1. The van der Waals surface area contributed by atoms with E-state index in [4.69, 9.17) is 9.84 Å². The summed E-state index contributed by atoms with van der Waals surface area (Å²) >= 11 is 0. The second kappa shape index (κ2) is 23.1. The Morgan fingerprint density at radius 3 is 1.79 bits per heavy atom. The number of carboxylic acid groups (broad SMARTS) is 1. The molecule has 0 rings (SSSR count). The Morgan fingerprint density at radius 1 is 0.931 bits per heavy atom. The highest BCUT2D eigenvalue weighted by Crippen LogP contribution is 2.12. The van der Waals surface area contributed by atoms with Gasteiger partial charge in [-0.05, 0) is 12.3 Å². The van der Waals surface area contributed by atoms with E-state index < -0.39 is 17.9 Å². The maximum Gasteiger partial charge on any atom is 0.330 e. The average Bonchev–Trinajstić information content (AvgIpc) is 2.73. The van der Waals surface area contributed by atoms with Crippen LogP contribution in [0, 0.1) is 5.92 Å². The quantitative estimate of drug-likeness (QED) is 0.293. The van der Waals surface area contributed by atoms with Crippen molar-refractivity contribution in [3.05, 3.63) is 38.0 Å². The van der Waals surface area contributed by atoms with Gasteiger partial charge in [0.25, 0.3) is 0 Å². The number of esters is 3. The predicted octanol–water partition coefficient (Wildman–Crippen LogP) is 3.47. The molecule has 0 aliphatic carbocycles. The Hall–Kier alpha value is -2.90. The summed E-state index contributed by atoms with van der Waals surface area (Å²) in [5.74, 6) is -1.77. The fourth-order valence-corrected chi connectivity index (χ4v) is 1.54. The fraction of sp³-hybridized carbons (Fsp3) is 0.524. The van der Waals surface area contributed by atoms with Crippen molar-refractivity contribution in [3.63, 3.8) is 0 Å². The van der Waals surface area contributed by atoms with Gasteiger partial charge in [-0.2, -0.15) is 0 Å². The first-order valence-corrected chi connectivity index (χ1v) is 9.22. The number of hydrogen-bond donors (Lipinski definition) is 1. The molecular formula is C21H34O8. The minimum Gasteiger partial charge on any atom is -0.481 e. The normalized spacial score (nSPS) is 9.76. The van der Waals surface area contributed by atoms with Crippen LogP contribution < -0.4 is 0 Å². The second-order valence-corrected chi connectivity index (χ2v) is 5.49. The van der Waals surface area contributed by atoms with Crippen molar-refractivity contribution in [1.29, 1.82) is 0 Å². The number of hydrogen-bond acceptors (Lipinski definition) is 7. The number of carbonyl (C=O) groups excluding carboxylic acids is 3. The van der Waals surface area contributed by atoms with E-state index in [2.05, 4.69) is 43.1 Å². The zero-order valence-electron chi connectivity index (χ0n) is 17.7. The average molecular weight is 414 g/mol. The SMILES string of the molecule is C=CC(=O)OC.C=CC(=O)OCC(CC)CCCC.C=CC(=O)OCCC(=O)O. The summed E-state index contributed by atoms with van der Waals surface area (Å²) in [4.78, 5) is 40.7. The van der Waals surface area contributed by atoms with Crippen LogP contribution in [-0.4, -0.2) is 49.3 Å². The van der Waals surface area contributed by atoms with E-state index in [1.807, 2.05) is 0 Å². The Bertz CT molecular complexity index is 511. The lowest BCUT2D eigenvalue weighted by Crippen LogP contribution is -2.12. The third kappa shape index (κ3) is 27.4. The van der Waals surface area contributed by atoms with Crippen molar-refractivity contribution >= 4 is 23.9 Å². The van der Waals surface area contributed by atoms with Crippen molar-refractivity contribution in [2.75, 3.05) is 20.3 Å². The van der Waals surface area contributed by atoms with Crippen LogP contribution in [0.3, 0.4) is 0 Å². The number of aliphatic carboxylic acids is 1. The molecule has 0 saturated carbocycles. The minimum atomic E-state index is -0.989. The number of ether oxygens (including phenoxy) is 3. The zero-order valence-corrected chi connectivity index (χ0v) is 17.7. The first-order valence-electron chi connectivity index (χ1n) is 9.22. The van der Waals surface area contributed by atoms with Gasteiger partial charge in [-0.1, -0.05) is 52.8 Å². The molecular weight excluding hydrogens is 380 g/mol. The van der Waals surface area contributed by atoms with Crippen LogP contribution in [0.2, 0.25) is 0 Å². The monoisotopic (exact) mass is 414 g/mol. The van der Waals surface area contributed by atoms with Gasteiger partial charge in [-0.3, -0.25) is 4.79 Å². The molecule has 0 aliphatic rings. The summed E-state index contributed by atoms with van der Waals surface area (Å²) in [6.45, 7) is 14.4. The van der Waals surface area contributed by atoms with Gasteiger partial charge in [0.15, 0.2) is 0 Å². The molecule has 0 aromatic rings. The molecule has 0 aliphatic heterocycles. The van der Waals surface area contributed by atoms with Gasteiger partial charge in [0.1, 0.15) is 6.61 Å². The van der Waals surface area contributed by atoms with Crippen LogP contribution in [0.4, 0.5) is 0 Å². The summed E-state index contributed by atoms with van der Waals surface area (Å²) in [6.07, 6.45) is 7.78. The summed E-state index contributed by atoms with van der Waals surface area (Å²) in [5.41, 5.74) is 0. The molecule has 29 heavy (non-hydrogen) atoms. The highest BCUT2D eigenvalue weighted by atomic mass is 16.5. The fourth-order valence-electron chi connectivity index (χ4n) is 1.54. The molecule has 1 atom stereocenters. The molecule has 1 N–H and O–H groups in total. The minimum absolute atomic E-state index is 0.0970. The van der Waals surface area contributed by atoms with Gasteiger partial charge in [-0.15, -0.1) is 0 Å². The molecule has 0 heterocycles. The third-order valence-corrected chi connectivity index (χ3v) is 3.27. The molecule has 0 fully saturated rings. The molecule has 0 spiro atoms. The van der Waals surface area contributed by atoms with Gasteiger partial charge in [0.05, 0.1) is 20.1 Å². The zero-order chi connectivity index (χ0) is 23.1. The van der Waals surface area contributed by atoms with E-state index in [0.717, 1.165) is 25.0 Å². The van der Waals surface area contributed by atoms with Crippen molar-refractivity contribution in [1.82, 2.24) is 0 Å². The second-order valence-electron chi connectivity index (χ2n) is 5.49. The molecule has 0 radical (unpaired) electrons. The van der Waals surface area contributed by atoms with Gasteiger partial charge < -0.3 is 19.3 Å². The summed E-state index contributed by atoms with van der Waals surface area (Å²) in [7, 11) is 1.31. The summed E-state index contributed by atoms with van der Waals surface area (Å²) < 4.78 is 13.5. The molecule has 8 heteroatoms. The highest BCUT2D eigenvalue weighted by molar-refractivity contribution is 5.81. The number of unbranched alkanes of at least 4 members (excludes halogenated alkanes) is 1. The first-order chi connectivity index (χ1) is 13.7. The van der Waals surface area contributed by atoms with Crippen LogP contribution in [-0.2, 0) is 33.4 Å². The Morgan fingerprint density at radius 2 is 1.45 bits per heavy atom. The number of rotatable bonds is 12. The lowest BCUT2D eigenvalue weighted by molar-refractivity contribution is -0.143. The van der Waals surface area contributed by atoms with Crippen LogP contribution >= 0.6 is 0 Å². The molecule has 0 aromatic heterocycles. The van der Waals surface area contributed by atoms with Gasteiger partial charge >= 0.3 is 23.9 Å². The van der Waals surface area contributed by atoms with Crippen molar-refractivity contribution < 1.29 is 38.5 Å². The third-order valence-electron chi connectivity index (χ3n) is 3.27. The molecule has 0 saturated heterocycles. The van der Waals surface area contributed by atoms with Crippen LogP contribution in [0.15, 0.2) is 38.0 Å². The summed E-state index contributed by atoms with van der Waals surface area (Å²) in [6, 6.07) is 0.